The number of benzene rings is 2. The van der Waals surface area contributed by atoms with Crippen LogP contribution in [0.3, 0.4) is 0 Å². The zero-order valence-electron chi connectivity index (χ0n) is 16.1. The predicted octanol–water partition coefficient (Wildman–Crippen LogP) is 4.10. The van der Waals surface area contributed by atoms with Crippen molar-refractivity contribution >= 4 is 16.9 Å². The Hall–Kier alpha value is -3.80. The highest BCUT2D eigenvalue weighted by Gasteiger charge is 2.10. The summed E-state index contributed by atoms with van der Waals surface area (Å²) in [6.07, 6.45) is 5.85. The Morgan fingerprint density at radius 1 is 1.07 bits per heavy atom. The van der Waals surface area contributed by atoms with Gasteiger partial charge in [-0.2, -0.15) is 0 Å². The molecule has 0 saturated carbocycles. The van der Waals surface area contributed by atoms with E-state index in [1.54, 1.807) is 24.3 Å². The first-order valence-corrected chi connectivity index (χ1v) is 8.85. The second kappa shape index (κ2) is 9.41. The molecule has 0 amide bonds. The van der Waals surface area contributed by atoms with Crippen LogP contribution >= 0.6 is 0 Å². The van der Waals surface area contributed by atoms with Crippen molar-refractivity contribution in [3.8, 4) is 16.9 Å². The summed E-state index contributed by atoms with van der Waals surface area (Å²) in [4.78, 5) is 23.9. The highest BCUT2D eigenvalue weighted by molar-refractivity contribution is 5.83. The van der Waals surface area contributed by atoms with Gasteiger partial charge in [-0.05, 0) is 23.8 Å². The average Bonchev–Trinajstić information content (AvgIpc) is 2.76. The minimum Gasteiger partial charge on any atom is -0.497 e. The summed E-state index contributed by atoms with van der Waals surface area (Å²) in [6, 6.07) is 14.4. The first-order valence-electron chi connectivity index (χ1n) is 8.85. The van der Waals surface area contributed by atoms with Gasteiger partial charge in [-0.25, -0.2) is 4.79 Å². The van der Waals surface area contributed by atoms with Crippen molar-refractivity contribution in [3.05, 3.63) is 89.0 Å². The summed E-state index contributed by atoms with van der Waals surface area (Å²) in [5.41, 5.74) is 1.64. The molecule has 0 radical (unpaired) electrons. The maximum Gasteiger partial charge on any atom is 0.330 e. The van der Waals surface area contributed by atoms with Gasteiger partial charge in [0.25, 0.3) is 0 Å². The lowest BCUT2D eigenvalue weighted by Gasteiger charge is -2.09. The van der Waals surface area contributed by atoms with E-state index in [2.05, 4.69) is 4.74 Å². The monoisotopic (exact) mass is 392 g/mol. The molecule has 0 unspecified atom stereocenters. The summed E-state index contributed by atoms with van der Waals surface area (Å²) in [5, 5.41) is 0.474. The molecule has 6 nitrogen and oxygen atoms in total. The Balaban J connectivity index is 1.78. The Labute approximate surface area is 167 Å². The molecule has 0 atom stereocenters. The fourth-order valence-corrected chi connectivity index (χ4v) is 2.65. The van der Waals surface area contributed by atoms with E-state index in [-0.39, 0.29) is 12.0 Å². The maximum atomic E-state index is 12.8. The molecule has 0 bridgehead atoms. The van der Waals surface area contributed by atoms with Gasteiger partial charge in [0.05, 0.1) is 25.2 Å². The van der Waals surface area contributed by atoms with E-state index in [4.69, 9.17) is 13.9 Å². The van der Waals surface area contributed by atoms with Crippen LogP contribution in [0.4, 0.5) is 0 Å². The zero-order chi connectivity index (χ0) is 20.6. The van der Waals surface area contributed by atoms with Gasteiger partial charge in [-0.3, -0.25) is 4.79 Å². The number of methoxy groups -OCH3 is 2. The summed E-state index contributed by atoms with van der Waals surface area (Å²) in [7, 11) is 2.81. The van der Waals surface area contributed by atoms with Crippen LogP contribution in [-0.4, -0.2) is 26.8 Å². The van der Waals surface area contributed by atoms with Crippen LogP contribution in [0.25, 0.3) is 22.1 Å². The van der Waals surface area contributed by atoms with E-state index in [9.17, 15) is 9.59 Å². The topological polar surface area (TPSA) is 75.0 Å². The molecule has 0 N–H and O–H groups in total. The second-order valence-corrected chi connectivity index (χ2v) is 6.01. The van der Waals surface area contributed by atoms with Crippen molar-refractivity contribution in [2.45, 2.75) is 0 Å². The molecule has 0 aliphatic carbocycles. The highest BCUT2D eigenvalue weighted by atomic mass is 16.5. The molecule has 3 rings (SSSR count). The molecule has 1 heterocycles. The minimum atomic E-state index is -0.461. The third kappa shape index (κ3) is 4.93. The number of hydrogen-bond acceptors (Lipinski definition) is 6. The third-order valence-electron chi connectivity index (χ3n) is 4.19. The van der Waals surface area contributed by atoms with Crippen LogP contribution in [0.5, 0.6) is 5.75 Å². The smallest absolute Gasteiger partial charge is 0.330 e. The van der Waals surface area contributed by atoms with Crippen LogP contribution < -0.4 is 10.2 Å². The number of esters is 1. The summed E-state index contributed by atoms with van der Waals surface area (Å²) < 4.78 is 21.1. The second-order valence-electron chi connectivity index (χ2n) is 6.01. The Kier molecular flexibility index (Phi) is 6.47. The number of rotatable bonds is 7. The standard InChI is InChI=1S/C23H20O6/c1-26-18(9-6-10-22(24)27-2)14-28-17-11-12-19-21(13-17)29-15-20(23(19)25)16-7-4-3-5-8-16/h3-13,15H,14H2,1-2H3/b10-6+,18-9-. The number of ether oxygens (including phenoxy) is 3. The fraction of sp³-hybridized carbons (Fsp3) is 0.130. The average molecular weight is 392 g/mol. The van der Waals surface area contributed by atoms with Crippen LogP contribution in [0.15, 0.2) is 88.0 Å². The summed E-state index contributed by atoms with van der Waals surface area (Å²) in [5.74, 6) is 0.566. The number of fused-ring (bicyclic) bond motifs is 1. The van der Waals surface area contributed by atoms with E-state index in [1.165, 1.54) is 32.6 Å². The van der Waals surface area contributed by atoms with Crippen molar-refractivity contribution in [3.63, 3.8) is 0 Å². The van der Waals surface area contributed by atoms with Crippen LogP contribution in [0.2, 0.25) is 0 Å². The van der Waals surface area contributed by atoms with Crippen LogP contribution in [0, 0.1) is 0 Å². The quantitative estimate of drug-likeness (QED) is 0.261. The molecular formula is C23H20O6. The van der Waals surface area contributed by atoms with Crippen molar-refractivity contribution in [1.82, 2.24) is 0 Å². The summed E-state index contributed by atoms with van der Waals surface area (Å²) in [6.45, 7) is 0.139. The molecule has 148 valence electrons. The van der Waals surface area contributed by atoms with Crippen molar-refractivity contribution in [2.75, 3.05) is 20.8 Å². The van der Waals surface area contributed by atoms with Crippen molar-refractivity contribution in [1.29, 1.82) is 0 Å². The van der Waals surface area contributed by atoms with Gasteiger partial charge < -0.3 is 18.6 Å². The van der Waals surface area contributed by atoms with E-state index >= 15 is 0 Å². The van der Waals surface area contributed by atoms with E-state index < -0.39 is 5.97 Å². The fourth-order valence-electron chi connectivity index (χ4n) is 2.65. The van der Waals surface area contributed by atoms with Gasteiger partial charge in [-0.1, -0.05) is 36.4 Å². The lowest BCUT2D eigenvalue weighted by molar-refractivity contribution is -0.134. The van der Waals surface area contributed by atoms with E-state index in [1.807, 2.05) is 30.3 Å². The minimum absolute atomic E-state index is 0.102. The third-order valence-corrected chi connectivity index (χ3v) is 4.19. The lowest BCUT2D eigenvalue weighted by Crippen LogP contribution is -2.06. The molecule has 6 heteroatoms. The van der Waals surface area contributed by atoms with Gasteiger partial charge in [0.1, 0.15) is 30.0 Å². The van der Waals surface area contributed by atoms with E-state index in [0.29, 0.717) is 28.0 Å². The van der Waals surface area contributed by atoms with Gasteiger partial charge >= 0.3 is 5.97 Å². The molecule has 0 aliphatic heterocycles. The molecule has 0 saturated heterocycles. The normalized spacial score (nSPS) is 11.6. The number of carbonyl (C=O) groups excluding carboxylic acids is 1. The van der Waals surface area contributed by atoms with Crippen molar-refractivity contribution in [2.24, 2.45) is 0 Å². The van der Waals surface area contributed by atoms with Gasteiger partial charge in [-0.15, -0.1) is 0 Å². The molecule has 0 aliphatic rings. The van der Waals surface area contributed by atoms with E-state index in [0.717, 1.165) is 5.56 Å². The van der Waals surface area contributed by atoms with Gasteiger partial charge in [0, 0.05) is 12.1 Å². The highest BCUT2D eigenvalue weighted by Crippen LogP contribution is 2.23. The Morgan fingerprint density at radius 3 is 2.59 bits per heavy atom. The molecule has 29 heavy (non-hydrogen) atoms. The molecule has 1 aromatic heterocycles. The van der Waals surface area contributed by atoms with Crippen LogP contribution in [-0.2, 0) is 14.3 Å². The Bertz CT molecular complexity index is 1110. The van der Waals surface area contributed by atoms with Crippen LogP contribution in [0.1, 0.15) is 0 Å². The molecule has 0 fully saturated rings. The first kappa shape index (κ1) is 19.9. The zero-order valence-corrected chi connectivity index (χ0v) is 16.1. The van der Waals surface area contributed by atoms with Gasteiger partial charge in [0.2, 0.25) is 0 Å². The molecule has 0 spiro atoms. The SMILES string of the molecule is COC(=O)/C=C/C=C(/COc1ccc2c(=O)c(-c3ccccc3)coc2c1)OC. The Morgan fingerprint density at radius 2 is 1.86 bits per heavy atom. The van der Waals surface area contributed by atoms with Crippen molar-refractivity contribution < 1.29 is 23.4 Å². The summed E-state index contributed by atoms with van der Waals surface area (Å²) >= 11 is 0. The largest absolute Gasteiger partial charge is 0.497 e. The lowest BCUT2D eigenvalue weighted by atomic mass is 10.1. The number of allylic oxidation sites excluding steroid dienone is 2. The molecular weight excluding hydrogens is 372 g/mol. The molecule has 3 aromatic rings. The number of carbonyl (C=O) groups is 1. The predicted molar refractivity (Wildman–Crippen MR) is 110 cm³/mol. The first-order chi connectivity index (χ1) is 14.1. The number of hydrogen-bond donors (Lipinski definition) is 0. The molecule has 2 aromatic carbocycles. The van der Waals surface area contributed by atoms with Gasteiger partial charge in [0.15, 0.2) is 5.43 Å². The maximum absolute atomic E-state index is 12.8.